The molecule has 0 radical (unpaired) electrons. The van der Waals surface area contributed by atoms with E-state index >= 15 is 0 Å². The van der Waals surface area contributed by atoms with E-state index in [1.165, 1.54) is 0 Å². The summed E-state index contributed by atoms with van der Waals surface area (Å²) in [5, 5.41) is 0. The number of allylic oxidation sites excluding steroid dienone is 3. The van der Waals surface area contributed by atoms with Crippen LogP contribution in [0.5, 0.6) is 0 Å². The van der Waals surface area contributed by atoms with Crippen molar-refractivity contribution in [3.63, 3.8) is 0 Å². The van der Waals surface area contributed by atoms with Crippen molar-refractivity contribution < 1.29 is 9.15 Å². The molecule has 0 saturated carbocycles. The predicted octanol–water partition coefficient (Wildman–Crippen LogP) is 5.83. The van der Waals surface area contributed by atoms with Gasteiger partial charge in [-0.1, -0.05) is 32.6 Å². The molecule has 2 aromatic rings. The fourth-order valence-corrected chi connectivity index (χ4v) is 2.56. The predicted molar refractivity (Wildman–Crippen MR) is 103 cm³/mol. The van der Waals surface area contributed by atoms with E-state index in [9.17, 15) is 0 Å². The Hall–Kier alpha value is -2.49. The number of aromatic amines is 1. The topological polar surface area (TPSA) is 51.0 Å². The normalized spacial score (nSPS) is 12.3. The molecule has 0 saturated heterocycles. The van der Waals surface area contributed by atoms with Crippen LogP contribution in [0.1, 0.15) is 51.3 Å². The Morgan fingerprint density at radius 3 is 2.68 bits per heavy atom. The number of hydrogen-bond donors (Lipinski definition) is 1. The standard InChI is InChI=1S/C21H28N2O2/c1-8-10-16(15(4)25-21(5,6)7)18-12-13-19(24-18)20-22-14(3)17(23-20)11-9-2/h8,10,12-13H,1,4,9,11H2,2-3,5-7H3,(H,22,23)/b16-10+. The quantitative estimate of drug-likeness (QED) is 0.509. The van der Waals surface area contributed by atoms with E-state index in [0.29, 0.717) is 17.3 Å². The zero-order valence-electron chi connectivity index (χ0n) is 15.9. The number of H-pyrrole nitrogens is 1. The lowest BCUT2D eigenvalue weighted by Crippen LogP contribution is -2.18. The first-order chi connectivity index (χ1) is 11.7. The molecule has 134 valence electrons. The molecule has 0 unspecified atom stereocenters. The minimum absolute atomic E-state index is 0.333. The van der Waals surface area contributed by atoms with Crippen molar-refractivity contribution in [2.75, 3.05) is 0 Å². The molecule has 25 heavy (non-hydrogen) atoms. The van der Waals surface area contributed by atoms with Gasteiger partial charge in [0.05, 0.1) is 11.3 Å². The lowest BCUT2D eigenvalue weighted by Gasteiger charge is -2.23. The summed E-state index contributed by atoms with van der Waals surface area (Å²) in [6.07, 6.45) is 5.55. The van der Waals surface area contributed by atoms with Gasteiger partial charge >= 0.3 is 0 Å². The summed E-state index contributed by atoms with van der Waals surface area (Å²) < 4.78 is 11.9. The molecule has 2 rings (SSSR count). The van der Waals surface area contributed by atoms with Gasteiger partial charge in [-0.3, -0.25) is 0 Å². The molecule has 0 amide bonds. The number of nitrogens with zero attached hydrogens (tertiary/aromatic N) is 1. The summed E-state index contributed by atoms with van der Waals surface area (Å²) in [4.78, 5) is 7.95. The second-order valence-corrected chi connectivity index (χ2v) is 7.02. The number of hydrogen-bond acceptors (Lipinski definition) is 3. The molecule has 0 aromatic carbocycles. The van der Waals surface area contributed by atoms with Gasteiger partial charge in [0.2, 0.25) is 0 Å². The van der Waals surface area contributed by atoms with Crippen LogP contribution in [-0.4, -0.2) is 15.6 Å². The summed E-state index contributed by atoms with van der Waals surface area (Å²) in [7, 11) is 0. The number of furan rings is 1. The molecule has 0 aliphatic rings. The smallest absolute Gasteiger partial charge is 0.174 e. The van der Waals surface area contributed by atoms with Crippen LogP contribution in [0.2, 0.25) is 0 Å². The molecular formula is C21H28N2O2. The van der Waals surface area contributed by atoms with Crippen LogP contribution >= 0.6 is 0 Å². The number of ether oxygens (including phenoxy) is 1. The number of nitrogens with one attached hydrogen (secondary N) is 1. The molecule has 0 fully saturated rings. The van der Waals surface area contributed by atoms with Crippen LogP contribution in [0.15, 0.2) is 47.6 Å². The van der Waals surface area contributed by atoms with Gasteiger partial charge in [-0.05, 0) is 52.3 Å². The van der Waals surface area contributed by atoms with Gasteiger partial charge in [0.1, 0.15) is 17.1 Å². The third-order valence-corrected chi connectivity index (χ3v) is 3.59. The van der Waals surface area contributed by atoms with Gasteiger partial charge in [-0.25, -0.2) is 4.98 Å². The Kier molecular flexibility index (Phi) is 5.73. The van der Waals surface area contributed by atoms with E-state index in [0.717, 1.165) is 35.6 Å². The van der Waals surface area contributed by atoms with Crippen molar-refractivity contribution in [3.8, 4) is 11.6 Å². The van der Waals surface area contributed by atoms with Crippen LogP contribution < -0.4 is 0 Å². The molecular weight excluding hydrogens is 312 g/mol. The van der Waals surface area contributed by atoms with E-state index in [-0.39, 0.29) is 5.60 Å². The van der Waals surface area contributed by atoms with E-state index in [1.807, 2.05) is 45.9 Å². The summed E-state index contributed by atoms with van der Waals surface area (Å²) >= 11 is 0. The highest BCUT2D eigenvalue weighted by Gasteiger charge is 2.19. The van der Waals surface area contributed by atoms with Gasteiger partial charge in [0.15, 0.2) is 11.6 Å². The maximum absolute atomic E-state index is 6.02. The summed E-state index contributed by atoms with van der Waals surface area (Å²) in [6.45, 7) is 17.9. The molecule has 1 N–H and O–H groups in total. The largest absolute Gasteiger partial charge is 0.488 e. The number of aryl methyl sites for hydroxylation is 2. The molecule has 4 heteroatoms. The highest BCUT2D eigenvalue weighted by atomic mass is 16.5. The molecule has 4 nitrogen and oxygen atoms in total. The van der Waals surface area contributed by atoms with E-state index in [2.05, 4.69) is 30.0 Å². The average molecular weight is 340 g/mol. The van der Waals surface area contributed by atoms with Crippen LogP contribution in [0.4, 0.5) is 0 Å². The first kappa shape index (κ1) is 18.8. The highest BCUT2D eigenvalue weighted by Crippen LogP contribution is 2.31. The van der Waals surface area contributed by atoms with Gasteiger partial charge in [-0.15, -0.1) is 0 Å². The zero-order valence-corrected chi connectivity index (χ0v) is 15.9. The molecule has 0 bridgehead atoms. The number of aromatic nitrogens is 2. The van der Waals surface area contributed by atoms with Crippen molar-refractivity contribution in [2.24, 2.45) is 0 Å². The minimum atomic E-state index is -0.333. The first-order valence-corrected chi connectivity index (χ1v) is 8.62. The van der Waals surface area contributed by atoms with Gasteiger partial charge in [0, 0.05) is 5.69 Å². The summed E-state index contributed by atoms with van der Waals surface area (Å²) in [5.41, 5.74) is 2.60. The molecule has 2 heterocycles. The second-order valence-electron chi connectivity index (χ2n) is 7.02. The third kappa shape index (κ3) is 4.75. The average Bonchev–Trinajstić information content (AvgIpc) is 3.11. The van der Waals surface area contributed by atoms with Crippen molar-refractivity contribution in [3.05, 3.63) is 60.3 Å². The Morgan fingerprint density at radius 2 is 2.08 bits per heavy atom. The Bertz CT molecular complexity index is 785. The lowest BCUT2D eigenvalue weighted by molar-refractivity contribution is 0.0628. The van der Waals surface area contributed by atoms with Crippen LogP contribution in [0.25, 0.3) is 17.2 Å². The molecule has 0 spiro atoms. The van der Waals surface area contributed by atoms with Gasteiger partial charge in [0.25, 0.3) is 0 Å². The SMILES string of the molecule is C=C/C=C(\C(=C)OC(C)(C)C)c1ccc(-c2nc(CCC)c(C)[nH]2)o1. The third-order valence-electron chi connectivity index (χ3n) is 3.59. The van der Waals surface area contributed by atoms with Crippen molar-refractivity contribution in [1.82, 2.24) is 9.97 Å². The summed E-state index contributed by atoms with van der Waals surface area (Å²) in [6, 6.07) is 3.81. The first-order valence-electron chi connectivity index (χ1n) is 8.62. The molecule has 0 aliphatic carbocycles. The van der Waals surface area contributed by atoms with Crippen molar-refractivity contribution in [2.45, 2.75) is 53.1 Å². The maximum atomic E-state index is 6.02. The number of rotatable bonds is 7. The maximum Gasteiger partial charge on any atom is 0.174 e. The van der Waals surface area contributed by atoms with Crippen molar-refractivity contribution >= 4 is 5.57 Å². The molecule has 0 aliphatic heterocycles. The van der Waals surface area contributed by atoms with E-state index < -0.39 is 0 Å². The Balaban J connectivity index is 2.31. The minimum Gasteiger partial charge on any atom is -0.488 e. The van der Waals surface area contributed by atoms with E-state index in [1.54, 1.807) is 6.08 Å². The zero-order chi connectivity index (χ0) is 18.6. The molecule has 2 aromatic heterocycles. The fraction of sp³-hybridized carbons (Fsp3) is 0.381. The second kappa shape index (κ2) is 7.60. The Morgan fingerprint density at radius 1 is 1.36 bits per heavy atom. The lowest BCUT2D eigenvalue weighted by atomic mass is 10.1. The van der Waals surface area contributed by atoms with E-state index in [4.69, 9.17) is 9.15 Å². The Labute approximate surface area is 150 Å². The van der Waals surface area contributed by atoms with Crippen molar-refractivity contribution in [1.29, 1.82) is 0 Å². The van der Waals surface area contributed by atoms with Gasteiger partial charge < -0.3 is 14.1 Å². The summed E-state index contributed by atoms with van der Waals surface area (Å²) in [5.74, 6) is 2.66. The fourth-order valence-electron chi connectivity index (χ4n) is 2.56. The molecule has 0 atom stereocenters. The highest BCUT2D eigenvalue weighted by molar-refractivity contribution is 5.75. The number of imidazole rings is 1. The monoisotopic (exact) mass is 340 g/mol. The van der Waals surface area contributed by atoms with Crippen LogP contribution in [-0.2, 0) is 11.2 Å². The van der Waals surface area contributed by atoms with Gasteiger partial charge in [-0.2, -0.15) is 0 Å². The van der Waals surface area contributed by atoms with Crippen LogP contribution in [0, 0.1) is 6.92 Å². The van der Waals surface area contributed by atoms with Crippen LogP contribution in [0.3, 0.4) is 0 Å².